The van der Waals surface area contributed by atoms with E-state index in [9.17, 15) is 4.79 Å². The average Bonchev–Trinajstić information content (AvgIpc) is 2.67. The minimum Gasteiger partial charge on any atom is -0.378 e. The molecule has 25 heavy (non-hydrogen) atoms. The fourth-order valence-electron chi connectivity index (χ4n) is 2.79. The lowest BCUT2D eigenvalue weighted by molar-refractivity contribution is 0.0949. The zero-order valence-electron chi connectivity index (χ0n) is 14.7. The Labute approximate surface area is 148 Å². The van der Waals surface area contributed by atoms with Gasteiger partial charge in [0.2, 0.25) is 0 Å². The molecule has 1 fully saturated rings. The number of hydrogen-bond acceptors (Lipinski definition) is 5. The second-order valence-corrected chi connectivity index (χ2v) is 6.22. The van der Waals surface area contributed by atoms with Crippen LogP contribution in [0.2, 0.25) is 0 Å². The smallest absolute Gasteiger partial charge is 0.255 e. The molecular formula is C19H24N4O2. The number of benzene rings is 1. The van der Waals surface area contributed by atoms with Gasteiger partial charge in [-0.05, 0) is 29.8 Å². The van der Waals surface area contributed by atoms with E-state index in [1.807, 2.05) is 49.3 Å². The van der Waals surface area contributed by atoms with Crippen molar-refractivity contribution in [2.24, 2.45) is 0 Å². The van der Waals surface area contributed by atoms with E-state index in [0.717, 1.165) is 30.2 Å². The van der Waals surface area contributed by atoms with Gasteiger partial charge in [-0.2, -0.15) is 0 Å². The summed E-state index contributed by atoms with van der Waals surface area (Å²) < 4.78 is 5.38. The summed E-state index contributed by atoms with van der Waals surface area (Å²) in [6, 6.07) is 11.8. The molecule has 1 aliphatic rings. The highest BCUT2D eigenvalue weighted by Gasteiger charge is 2.19. The third kappa shape index (κ3) is 4.28. The van der Waals surface area contributed by atoms with Crippen molar-refractivity contribution in [1.82, 2.24) is 10.3 Å². The van der Waals surface area contributed by atoms with E-state index >= 15 is 0 Å². The molecule has 1 aromatic carbocycles. The second-order valence-electron chi connectivity index (χ2n) is 6.22. The molecule has 2 aromatic rings. The summed E-state index contributed by atoms with van der Waals surface area (Å²) in [5, 5.41) is 2.99. The highest BCUT2D eigenvalue weighted by molar-refractivity contribution is 5.98. The van der Waals surface area contributed by atoms with E-state index in [1.165, 1.54) is 0 Å². The maximum atomic E-state index is 12.6. The van der Waals surface area contributed by atoms with Crippen LogP contribution in [-0.4, -0.2) is 51.3 Å². The Balaban J connectivity index is 1.67. The van der Waals surface area contributed by atoms with Crippen molar-refractivity contribution in [3.05, 3.63) is 53.7 Å². The van der Waals surface area contributed by atoms with Crippen LogP contribution in [0.25, 0.3) is 0 Å². The van der Waals surface area contributed by atoms with E-state index in [0.29, 0.717) is 25.3 Å². The molecule has 6 nitrogen and oxygen atoms in total. The second kappa shape index (κ2) is 7.98. The Kier molecular flexibility index (Phi) is 5.50. The highest BCUT2D eigenvalue weighted by atomic mass is 16.5. The number of ether oxygens (including phenoxy) is 1. The van der Waals surface area contributed by atoms with Crippen LogP contribution in [0.1, 0.15) is 15.9 Å². The molecule has 0 unspecified atom stereocenters. The van der Waals surface area contributed by atoms with Crippen LogP contribution in [0.15, 0.2) is 42.6 Å². The lowest BCUT2D eigenvalue weighted by Crippen LogP contribution is -2.38. The molecule has 0 radical (unpaired) electrons. The predicted octanol–water partition coefficient (Wildman–Crippen LogP) is 1.91. The number of amides is 1. The summed E-state index contributed by atoms with van der Waals surface area (Å²) >= 11 is 0. The number of aromatic nitrogens is 1. The summed E-state index contributed by atoms with van der Waals surface area (Å²) in [5.74, 6) is 0.623. The summed E-state index contributed by atoms with van der Waals surface area (Å²) in [7, 11) is 4.01. The molecule has 2 heterocycles. The molecule has 1 N–H and O–H groups in total. The third-order valence-corrected chi connectivity index (χ3v) is 4.25. The zero-order valence-corrected chi connectivity index (χ0v) is 14.7. The Hall–Kier alpha value is -2.60. The van der Waals surface area contributed by atoms with E-state index in [1.54, 1.807) is 12.3 Å². The number of anilines is 2. The van der Waals surface area contributed by atoms with Crippen LogP contribution < -0.4 is 15.1 Å². The minimum absolute atomic E-state index is 0.105. The number of nitrogens with one attached hydrogen (secondary N) is 1. The minimum atomic E-state index is -0.105. The van der Waals surface area contributed by atoms with Gasteiger partial charge < -0.3 is 19.9 Å². The normalized spacial score (nSPS) is 14.2. The van der Waals surface area contributed by atoms with Crippen LogP contribution in [0.3, 0.4) is 0 Å². The van der Waals surface area contributed by atoms with Crippen molar-refractivity contribution < 1.29 is 9.53 Å². The average molecular weight is 340 g/mol. The maximum Gasteiger partial charge on any atom is 0.255 e. The van der Waals surface area contributed by atoms with Crippen LogP contribution in [-0.2, 0) is 11.3 Å². The molecule has 1 aliphatic heterocycles. The zero-order chi connectivity index (χ0) is 17.6. The monoisotopic (exact) mass is 340 g/mol. The van der Waals surface area contributed by atoms with E-state index in [-0.39, 0.29) is 5.91 Å². The van der Waals surface area contributed by atoms with Crippen molar-refractivity contribution in [3.8, 4) is 0 Å². The summed E-state index contributed by atoms with van der Waals surface area (Å²) in [5.41, 5.74) is 2.81. The van der Waals surface area contributed by atoms with Gasteiger partial charge in [-0.15, -0.1) is 0 Å². The van der Waals surface area contributed by atoms with Crippen molar-refractivity contribution >= 4 is 17.4 Å². The quantitative estimate of drug-likeness (QED) is 0.901. The van der Waals surface area contributed by atoms with Crippen molar-refractivity contribution in [2.75, 3.05) is 50.2 Å². The number of carbonyl (C=O) groups is 1. The number of hydrogen-bond donors (Lipinski definition) is 1. The van der Waals surface area contributed by atoms with Gasteiger partial charge in [0, 0.05) is 45.6 Å². The van der Waals surface area contributed by atoms with Crippen LogP contribution in [0.5, 0.6) is 0 Å². The number of carbonyl (C=O) groups excluding carboxylic acids is 1. The van der Waals surface area contributed by atoms with Gasteiger partial charge in [0.25, 0.3) is 5.91 Å². The van der Waals surface area contributed by atoms with Gasteiger partial charge in [0.05, 0.1) is 18.8 Å². The van der Waals surface area contributed by atoms with Gasteiger partial charge in [-0.25, -0.2) is 4.98 Å². The fourth-order valence-corrected chi connectivity index (χ4v) is 2.79. The first-order chi connectivity index (χ1) is 12.1. The molecule has 0 bridgehead atoms. The van der Waals surface area contributed by atoms with E-state index in [2.05, 4.69) is 15.2 Å². The summed E-state index contributed by atoms with van der Waals surface area (Å²) in [4.78, 5) is 21.2. The molecule has 1 saturated heterocycles. The predicted molar refractivity (Wildman–Crippen MR) is 99.2 cm³/mol. The number of rotatable bonds is 5. The molecule has 0 saturated carbocycles. The van der Waals surface area contributed by atoms with Crippen LogP contribution in [0, 0.1) is 0 Å². The van der Waals surface area contributed by atoms with E-state index in [4.69, 9.17) is 4.74 Å². The number of morpholine rings is 1. The van der Waals surface area contributed by atoms with Crippen molar-refractivity contribution in [1.29, 1.82) is 0 Å². The summed E-state index contributed by atoms with van der Waals surface area (Å²) in [6.07, 6.45) is 1.72. The Morgan fingerprint density at radius 1 is 1.20 bits per heavy atom. The first-order valence-electron chi connectivity index (χ1n) is 8.47. The lowest BCUT2D eigenvalue weighted by atomic mass is 10.1. The fraction of sp³-hybridized carbons (Fsp3) is 0.368. The van der Waals surface area contributed by atoms with Crippen LogP contribution >= 0.6 is 0 Å². The van der Waals surface area contributed by atoms with Gasteiger partial charge in [-0.1, -0.05) is 12.1 Å². The first-order valence-corrected chi connectivity index (χ1v) is 8.47. The SMILES string of the molecule is CN(C)c1ccc(CNC(=O)c2cccnc2N2CCOCC2)cc1. The highest BCUT2D eigenvalue weighted by Crippen LogP contribution is 2.18. The van der Waals surface area contributed by atoms with Gasteiger partial charge in [0.1, 0.15) is 5.82 Å². The molecule has 3 rings (SSSR count). The number of nitrogens with zero attached hydrogens (tertiary/aromatic N) is 3. The molecule has 6 heteroatoms. The Bertz CT molecular complexity index is 710. The topological polar surface area (TPSA) is 57.7 Å². The Morgan fingerprint density at radius 2 is 1.92 bits per heavy atom. The van der Waals surface area contributed by atoms with Gasteiger partial charge in [-0.3, -0.25) is 4.79 Å². The molecule has 132 valence electrons. The maximum absolute atomic E-state index is 12.6. The Morgan fingerprint density at radius 3 is 2.60 bits per heavy atom. The molecule has 0 spiro atoms. The van der Waals surface area contributed by atoms with Crippen LogP contribution in [0.4, 0.5) is 11.5 Å². The van der Waals surface area contributed by atoms with E-state index < -0.39 is 0 Å². The molecule has 1 amide bonds. The largest absolute Gasteiger partial charge is 0.378 e. The number of pyridine rings is 1. The lowest BCUT2D eigenvalue weighted by Gasteiger charge is -2.29. The van der Waals surface area contributed by atoms with Crippen molar-refractivity contribution in [2.45, 2.75) is 6.54 Å². The standard InChI is InChI=1S/C19H24N4O2/c1-22(2)16-7-5-15(6-8-16)14-21-19(24)17-4-3-9-20-18(17)23-10-12-25-13-11-23/h3-9H,10-14H2,1-2H3,(H,21,24). The molecule has 1 aromatic heterocycles. The van der Waals surface area contributed by atoms with Gasteiger partial charge in [0.15, 0.2) is 0 Å². The van der Waals surface area contributed by atoms with Gasteiger partial charge >= 0.3 is 0 Å². The molecule has 0 atom stereocenters. The molecular weight excluding hydrogens is 316 g/mol. The summed E-state index contributed by atoms with van der Waals surface area (Å²) in [6.45, 7) is 3.32. The first kappa shape index (κ1) is 17.2. The third-order valence-electron chi connectivity index (χ3n) is 4.25. The molecule has 0 aliphatic carbocycles. The van der Waals surface area contributed by atoms with Crippen molar-refractivity contribution in [3.63, 3.8) is 0 Å².